The van der Waals surface area contributed by atoms with Gasteiger partial charge in [-0.2, -0.15) is 0 Å². The maximum absolute atomic E-state index is 11.8. The van der Waals surface area contributed by atoms with E-state index < -0.39 is 0 Å². The van der Waals surface area contributed by atoms with E-state index in [1.165, 1.54) is 0 Å². The third-order valence-corrected chi connectivity index (χ3v) is 3.67. The molecule has 1 heterocycles. The van der Waals surface area contributed by atoms with Gasteiger partial charge in [0, 0.05) is 24.5 Å². The molecule has 108 valence electrons. The van der Waals surface area contributed by atoms with Crippen LogP contribution < -0.4 is 10.1 Å². The van der Waals surface area contributed by atoms with Gasteiger partial charge in [0.15, 0.2) is 0 Å². The van der Waals surface area contributed by atoms with E-state index in [9.17, 15) is 9.59 Å². The van der Waals surface area contributed by atoms with E-state index in [0.29, 0.717) is 26.1 Å². The topological polar surface area (TPSA) is 58.6 Å². The van der Waals surface area contributed by atoms with E-state index in [1.807, 2.05) is 24.3 Å². The summed E-state index contributed by atoms with van der Waals surface area (Å²) in [7, 11) is 1.71. The Labute approximate surface area is 126 Å². The van der Waals surface area contributed by atoms with Crippen molar-refractivity contribution >= 4 is 27.7 Å². The lowest BCUT2D eigenvalue weighted by molar-refractivity contribution is -0.128. The van der Waals surface area contributed by atoms with Gasteiger partial charge in [0.1, 0.15) is 12.4 Å². The molecule has 1 fully saturated rings. The monoisotopic (exact) mass is 340 g/mol. The molecular weight excluding hydrogens is 324 g/mol. The third kappa shape index (κ3) is 3.96. The van der Waals surface area contributed by atoms with Gasteiger partial charge in [-0.3, -0.25) is 9.59 Å². The van der Waals surface area contributed by atoms with Crippen molar-refractivity contribution in [2.24, 2.45) is 5.92 Å². The summed E-state index contributed by atoms with van der Waals surface area (Å²) in [6, 6.07) is 7.53. The lowest BCUT2D eigenvalue weighted by Crippen LogP contribution is -2.34. The smallest absolute Gasteiger partial charge is 0.225 e. The van der Waals surface area contributed by atoms with Gasteiger partial charge < -0.3 is 15.0 Å². The summed E-state index contributed by atoms with van der Waals surface area (Å²) >= 11 is 3.36. The highest BCUT2D eigenvalue weighted by Gasteiger charge is 2.31. The maximum Gasteiger partial charge on any atom is 0.225 e. The summed E-state index contributed by atoms with van der Waals surface area (Å²) in [6.45, 7) is 1.33. The number of hydrogen-bond acceptors (Lipinski definition) is 3. The number of rotatable bonds is 5. The molecule has 1 aromatic rings. The first-order valence-electron chi connectivity index (χ1n) is 6.46. The van der Waals surface area contributed by atoms with Gasteiger partial charge in [0.2, 0.25) is 11.8 Å². The van der Waals surface area contributed by atoms with Crippen LogP contribution in [0.2, 0.25) is 0 Å². The van der Waals surface area contributed by atoms with Crippen LogP contribution in [-0.4, -0.2) is 43.5 Å². The minimum Gasteiger partial charge on any atom is -0.492 e. The Hall–Kier alpha value is -1.56. The van der Waals surface area contributed by atoms with Gasteiger partial charge >= 0.3 is 0 Å². The number of carbonyl (C=O) groups excluding carboxylic acids is 2. The van der Waals surface area contributed by atoms with E-state index in [-0.39, 0.29) is 17.7 Å². The van der Waals surface area contributed by atoms with E-state index in [0.717, 1.165) is 10.2 Å². The number of nitrogens with one attached hydrogen (secondary N) is 1. The summed E-state index contributed by atoms with van der Waals surface area (Å²) < 4.78 is 6.47. The van der Waals surface area contributed by atoms with Crippen molar-refractivity contribution < 1.29 is 14.3 Å². The van der Waals surface area contributed by atoms with Crippen molar-refractivity contribution in [3.63, 3.8) is 0 Å². The highest BCUT2D eigenvalue weighted by atomic mass is 79.9. The molecule has 1 aromatic carbocycles. The SMILES string of the molecule is CN1C[C@@H](C(=O)NCCOc2cccc(Br)c2)CC1=O. The molecule has 0 unspecified atom stereocenters. The summed E-state index contributed by atoms with van der Waals surface area (Å²) in [5, 5.41) is 2.80. The molecule has 1 atom stereocenters. The highest BCUT2D eigenvalue weighted by Crippen LogP contribution is 2.18. The zero-order chi connectivity index (χ0) is 14.5. The van der Waals surface area contributed by atoms with E-state index in [2.05, 4.69) is 21.2 Å². The zero-order valence-electron chi connectivity index (χ0n) is 11.3. The minimum absolute atomic E-state index is 0.0236. The predicted molar refractivity (Wildman–Crippen MR) is 78.4 cm³/mol. The standard InChI is InChI=1S/C14H17BrN2O3/c1-17-9-10(7-13(17)18)14(19)16-5-6-20-12-4-2-3-11(15)8-12/h2-4,8,10H,5-7,9H2,1H3,(H,16,19)/t10-/m0/s1. The van der Waals surface area contributed by atoms with Crippen LogP contribution in [0.3, 0.4) is 0 Å². The van der Waals surface area contributed by atoms with Crippen LogP contribution in [0.1, 0.15) is 6.42 Å². The molecule has 5 nitrogen and oxygen atoms in total. The van der Waals surface area contributed by atoms with E-state index >= 15 is 0 Å². The first-order valence-corrected chi connectivity index (χ1v) is 7.25. The van der Waals surface area contributed by atoms with Gasteiger partial charge in [0.25, 0.3) is 0 Å². The first kappa shape index (κ1) is 14.8. The molecule has 6 heteroatoms. The fourth-order valence-electron chi connectivity index (χ4n) is 2.08. The number of hydrogen-bond donors (Lipinski definition) is 1. The first-order chi connectivity index (χ1) is 9.56. The highest BCUT2D eigenvalue weighted by molar-refractivity contribution is 9.10. The number of amides is 2. The van der Waals surface area contributed by atoms with Gasteiger partial charge in [-0.05, 0) is 18.2 Å². The second kappa shape index (κ2) is 6.74. The van der Waals surface area contributed by atoms with Crippen molar-refractivity contribution in [2.75, 3.05) is 26.7 Å². The molecule has 0 bridgehead atoms. The molecule has 1 aliphatic rings. The summed E-state index contributed by atoms with van der Waals surface area (Å²) in [4.78, 5) is 24.8. The van der Waals surface area contributed by atoms with Crippen LogP contribution in [-0.2, 0) is 9.59 Å². The van der Waals surface area contributed by atoms with Crippen molar-refractivity contribution in [3.8, 4) is 5.75 Å². The lowest BCUT2D eigenvalue weighted by Gasteiger charge is -2.11. The van der Waals surface area contributed by atoms with Gasteiger partial charge in [0.05, 0.1) is 12.5 Å². The van der Waals surface area contributed by atoms with Gasteiger partial charge in [-0.1, -0.05) is 22.0 Å². The molecule has 0 saturated carbocycles. The second-order valence-corrected chi connectivity index (χ2v) is 5.69. The molecule has 1 aliphatic heterocycles. The minimum atomic E-state index is -0.238. The predicted octanol–water partition coefficient (Wildman–Crippen LogP) is 1.42. The average molecular weight is 341 g/mol. The van der Waals surface area contributed by atoms with E-state index in [1.54, 1.807) is 11.9 Å². The summed E-state index contributed by atoms with van der Waals surface area (Å²) in [5.41, 5.74) is 0. The maximum atomic E-state index is 11.8. The Kier molecular flexibility index (Phi) is 5.00. The number of likely N-dealkylation sites (tertiary alicyclic amines) is 1. The lowest BCUT2D eigenvalue weighted by atomic mass is 10.1. The Morgan fingerprint density at radius 2 is 2.35 bits per heavy atom. The molecule has 1 N–H and O–H groups in total. The molecule has 0 aliphatic carbocycles. The number of nitrogens with zero attached hydrogens (tertiary/aromatic N) is 1. The largest absolute Gasteiger partial charge is 0.492 e. The normalized spacial score (nSPS) is 18.2. The second-order valence-electron chi connectivity index (χ2n) is 4.77. The number of carbonyl (C=O) groups is 2. The van der Waals surface area contributed by atoms with Crippen LogP contribution in [0.15, 0.2) is 28.7 Å². The van der Waals surface area contributed by atoms with Gasteiger partial charge in [-0.15, -0.1) is 0 Å². The molecular formula is C14H17BrN2O3. The van der Waals surface area contributed by atoms with Crippen LogP contribution in [0.5, 0.6) is 5.75 Å². The summed E-state index contributed by atoms with van der Waals surface area (Å²) in [6.07, 6.45) is 0.300. The van der Waals surface area contributed by atoms with Crippen LogP contribution in [0.25, 0.3) is 0 Å². The fraction of sp³-hybridized carbons (Fsp3) is 0.429. The Morgan fingerprint density at radius 1 is 1.55 bits per heavy atom. The van der Waals surface area contributed by atoms with Crippen LogP contribution >= 0.6 is 15.9 Å². The van der Waals surface area contributed by atoms with Crippen LogP contribution in [0.4, 0.5) is 0 Å². The number of benzene rings is 1. The molecule has 0 spiro atoms. The van der Waals surface area contributed by atoms with Crippen molar-refractivity contribution in [2.45, 2.75) is 6.42 Å². The number of halogens is 1. The van der Waals surface area contributed by atoms with Crippen molar-refractivity contribution in [3.05, 3.63) is 28.7 Å². The van der Waals surface area contributed by atoms with Crippen molar-refractivity contribution in [1.29, 1.82) is 0 Å². The average Bonchev–Trinajstić information content (AvgIpc) is 2.75. The molecule has 20 heavy (non-hydrogen) atoms. The molecule has 2 rings (SSSR count). The Morgan fingerprint density at radius 3 is 3.00 bits per heavy atom. The van der Waals surface area contributed by atoms with Crippen molar-refractivity contribution in [1.82, 2.24) is 10.2 Å². The quantitative estimate of drug-likeness (QED) is 0.825. The summed E-state index contributed by atoms with van der Waals surface area (Å²) in [5.74, 6) is 0.457. The molecule has 1 saturated heterocycles. The zero-order valence-corrected chi connectivity index (χ0v) is 12.9. The Balaban J connectivity index is 1.68. The Bertz CT molecular complexity index is 507. The molecule has 0 aromatic heterocycles. The van der Waals surface area contributed by atoms with Gasteiger partial charge in [-0.25, -0.2) is 0 Å². The molecule has 2 amide bonds. The third-order valence-electron chi connectivity index (χ3n) is 3.18. The number of ether oxygens (including phenoxy) is 1. The fourth-order valence-corrected chi connectivity index (χ4v) is 2.46. The molecule has 0 radical (unpaired) electrons. The van der Waals surface area contributed by atoms with Crippen LogP contribution in [0, 0.1) is 5.92 Å². The van der Waals surface area contributed by atoms with E-state index in [4.69, 9.17) is 4.74 Å².